The van der Waals surface area contributed by atoms with Crippen molar-refractivity contribution in [3.05, 3.63) is 65.2 Å². The fraction of sp³-hybridized carbons (Fsp3) is 0.333. The average molecular weight is 388 g/mol. The van der Waals surface area contributed by atoms with Gasteiger partial charge in [-0.2, -0.15) is 0 Å². The number of para-hydroxylation sites is 1. The van der Waals surface area contributed by atoms with Gasteiger partial charge in [-0.05, 0) is 50.6 Å². The van der Waals surface area contributed by atoms with Crippen LogP contribution in [0.1, 0.15) is 34.3 Å². The maximum atomic E-state index is 12.6. The third kappa shape index (κ3) is 5.81. The van der Waals surface area contributed by atoms with E-state index >= 15 is 0 Å². The van der Waals surface area contributed by atoms with Crippen molar-refractivity contribution in [1.29, 1.82) is 0 Å². The van der Waals surface area contributed by atoms with E-state index in [1.54, 1.807) is 18.2 Å². The summed E-state index contributed by atoms with van der Waals surface area (Å²) in [6, 6.07) is 15.2. The fourth-order valence-electron chi connectivity index (χ4n) is 3.09. The Morgan fingerprint density at radius 2 is 1.70 bits per heavy atom. The lowest BCUT2D eigenvalue weighted by atomic mass is 9.97. The van der Waals surface area contributed by atoms with E-state index in [4.69, 9.17) is 0 Å². The monoisotopic (exact) mass is 387 g/mol. The Labute approximate surface area is 166 Å². The first-order valence-corrected chi connectivity index (χ1v) is 9.08. The minimum atomic E-state index is -0.188. The molecule has 144 valence electrons. The Hall–Kier alpha value is -2.37. The third-order valence-electron chi connectivity index (χ3n) is 4.71. The van der Waals surface area contributed by atoms with Crippen LogP contribution in [0.4, 0.5) is 5.69 Å². The largest absolute Gasteiger partial charge is 0.348 e. The van der Waals surface area contributed by atoms with E-state index in [0.29, 0.717) is 17.8 Å². The molecule has 0 unspecified atom stereocenters. The molecule has 0 aromatic heterocycles. The van der Waals surface area contributed by atoms with Crippen molar-refractivity contribution in [3.8, 4) is 0 Å². The molecule has 5 nitrogen and oxygen atoms in total. The molecule has 1 fully saturated rings. The summed E-state index contributed by atoms with van der Waals surface area (Å²) >= 11 is 0. The van der Waals surface area contributed by atoms with Gasteiger partial charge in [-0.1, -0.05) is 42.0 Å². The Bertz CT molecular complexity index is 771. The molecule has 3 N–H and O–H groups in total. The summed E-state index contributed by atoms with van der Waals surface area (Å²) in [5.74, 6) is -0.197. The molecule has 1 heterocycles. The Kier molecular flexibility index (Phi) is 7.82. The Balaban J connectivity index is 0.00000261. The van der Waals surface area contributed by atoms with E-state index in [-0.39, 0.29) is 30.1 Å². The van der Waals surface area contributed by atoms with Gasteiger partial charge >= 0.3 is 0 Å². The lowest BCUT2D eigenvalue weighted by Crippen LogP contribution is -2.35. The number of benzene rings is 2. The SMILES string of the molecule is Cc1ccc(CNC(=O)c2ccccc2NC(=O)C2CCNCC2)cc1.Cl. The first kappa shape index (κ1) is 20.9. The van der Waals surface area contributed by atoms with Gasteiger partial charge in [-0.3, -0.25) is 9.59 Å². The lowest BCUT2D eigenvalue weighted by Gasteiger charge is -2.22. The van der Waals surface area contributed by atoms with Crippen LogP contribution in [-0.2, 0) is 11.3 Å². The molecule has 1 aliphatic heterocycles. The molecule has 0 radical (unpaired) electrons. The van der Waals surface area contributed by atoms with Crippen molar-refractivity contribution in [2.75, 3.05) is 18.4 Å². The first-order valence-electron chi connectivity index (χ1n) is 9.08. The summed E-state index contributed by atoms with van der Waals surface area (Å²) in [5.41, 5.74) is 3.28. The molecule has 2 aromatic rings. The maximum Gasteiger partial charge on any atom is 0.253 e. The predicted molar refractivity (Wildman–Crippen MR) is 110 cm³/mol. The van der Waals surface area contributed by atoms with Gasteiger partial charge in [-0.25, -0.2) is 0 Å². The van der Waals surface area contributed by atoms with Crippen molar-refractivity contribution in [3.63, 3.8) is 0 Å². The van der Waals surface area contributed by atoms with Crippen LogP contribution in [0.2, 0.25) is 0 Å². The van der Waals surface area contributed by atoms with Crippen LogP contribution in [0.15, 0.2) is 48.5 Å². The second-order valence-electron chi connectivity index (χ2n) is 6.73. The zero-order valence-corrected chi connectivity index (χ0v) is 16.3. The number of nitrogens with one attached hydrogen (secondary N) is 3. The number of anilines is 1. The highest BCUT2D eigenvalue weighted by Gasteiger charge is 2.22. The second kappa shape index (κ2) is 10.1. The van der Waals surface area contributed by atoms with Gasteiger partial charge in [0.15, 0.2) is 0 Å². The topological polar surface area (TPSA) is 70.2 Å². The zero-order valence-electron chi connectivity index (χ0n) is 15.5. The molecule has 27 heavy (non-hydrogen) atoms. The van der Waals surface area contributed by atoms with Crippen LogP contribution in [0, 0.1) is 12.8 Å². The normalized spacial score (nSPS) is 14.1. The highest BCUT2D eigenvalue weighted by molar-refractivity contribution is 6.04. The summed E-state index contributed by atoms with van der Waals surface area (Å²) in [6.45, 7) is 4.20. The van der Waals surface area contributed by atoms with Gasteiger partial charge in [0.25, 0.3) is 5.91 Å². The summed E-state index contributed by atoms with van der Waals surface area (Å²) in [6.07, 6.45) is 1.65. The molecule has 0 aliphatic carbocycles. The molecule has 0 spiro atoms. The van der Waals surface area contributed by atoms with Gasteiger partial charge in [0, 0.05) is 12.5 Å². The van der Waals surface area contributed by atoms with Crippen LogP contribution in [0.5, 0.6) is 0 Å². The molecule has 1 aliphatic rings. The van der Waals surface area contributed by atoms with E-state index < -0.39 is 0 Å². The first-order chi connectivity index (χ1) is 12.6. The highest BCUT2D eigenvalue weighted by Crippen LogP contribution is 2.19. The molecular formula is C21H26ClN3O2. The van der Waals surface area contributed by atoms with E-state index in [1.165, 1.54) is 5.56 Å². The smallest absolute Gasteiger partial charge is 0.253 e. The Morgan fingerprint density at radius 1 is 1.04 bits per heavy atom. The standard InChI is InChI=1S/C21H25N3O2.ClH/c1-15-6-8-16(9-7-15)14-23-21(26)18-4-2-3-5-19(18)24-20(25)17-10-12-22-13-11-17;/h2-9,17,22H,10-14H2,1H3,(H,23,26)(H,24,25);1H. The number of piperidine rings is 1. The van der Waals surface area contributed by atoms with Crippen LogP contribution in [0.25, 0.3) is 0 Å². The number of carbonyl (C=O) groups excluding carboxylic acids is 2. The molecule has 0 atom stereocenters. The van der Waals surface area contributed by atoms with Gasteiger partial charge in [0.1, 0.15) is 0 Å². The number of carbonyl (C=O) groups is 2. The number of rotatable bonds is 5. The predicted octanol–water partition coefficient (Wildman–Crippen LogP) is 3.28. The van der Waals surface area contributed by atoms with Gasteiger partial charge in [-0.15, -0.1) is 12.4 Å². The second-order valence-corrected chi connectivity index (χ2v) is 6.73. The molecule has 0 saturated carbocycles. The van der Waals surface area contributed by atoms with E-state index in [0.717, 1.165) is 31.5 Å². The molecule has 3 rings (SSSR count). The fourth-order valence-corrected chi connectivity index (χ4v) is 3.09. The summed E-state index contributed by atoms with van der Waals surface area (Å²) in [5, 5.41) is 9.12. The number of aryl methyl sites for hydroxylation is 1. The van der Waals surface area contributed by atoms with E-state index in [1.807, 2.05) is 37.3 Å². The van der Waals surface area contributed by atoms with Gasteiger partial charge in [0.05, 0.1) is 11.3 Å². The summed E-state index contributed by atoms with van der Waals surface area (Å²) in [4.78, 5) is 25.1. The molecule has 2 amide bonds. The van der Waals surface area contributed by atoms with E-state index in [9.17, 15) is 9.59 Å². The zero-order chi connectivity index (χ0) is 18.4. The van der Waals surface area contributed by atoms with Crippen LogP contribution in [0.3, 0.4) is 0 Å². The van der Waals surface area contributed by atoms with Crippen LogP contribution < -0.4 is 16.0 Å². The van der Waals surface area contributed by atoms with Gasteiger partial charge < -0.3 is 16.0 Å². The van der Waals surface area contributed by atoms with Crippen molar-refractivity contribution in [1.82, 2.24) is 10.6 Å². The molecule has 1 saturated heterocycles. The minimum absolute atomic E-state index is 0. The maximum absolute atomic E-state index is 12.6. The van der Waals surface area contributed by atoms with Crippen LogP contribution in [-0.4, -0.2) is 24.9 Å². The molecular weight excluding hydrogens is 362 g/mol. The lowest BCUT2D eigenvalue weighted by molar-refractivity contribution is -0.120. The quantitative estimate of drug-likeness (QED) is 0.737. The molecule has 6 heteroatoms. The van der Waals surface area contributed by atoms with E-state index in [2.05, 4.69) is 16.0 Å². The average Bonchev–Trinajstić information content (AvgIpc) is 2.68. The third-order valence-corrected chi connectivity index (χ3v) is 4.71. The summed E-state index contributed by atoms with van der Waals surface area (Å²) in [7, 11) is 0. The Morgan fingerprint density at radius 3 is 2.41 bits per heavy atom. The number of hydrogen-bond donors (Lipinski definition) is 3. The van der Waals surface area contributed by atoms with Crippen molar-refractivity contribution in [2.24, 2.45) is 5.92 Å². The number of halogens is 1. The number of hydrogen-bond acceptors (Lipinski definition) is 3. The van der Waals surface area contributed by atoms with Crippen molar-refractivity contribution >= 4 is 29.9 Å². The van der Waals surface area contributed by atoms with Crippen molar-refractivity contribution in [2.45, 2.75) is 26.3 Å². The highest BCUT2D eigenvalue weighted by atomic mass is 35.5. The minimum Gasteiger partial charge on any atom is -0.348 e. The van der Waals surface area contributed by atoms with Crippen LogP contribution >= 0.6 is 12.4 Å². The molecule has 2 aromatic carbocycles. The molecule has 0 bridgehead atoms. The number of amides is 2. The van der Waals surface area contributed by atoms with Crippen molar-refractivity contribution < 1.29 is 9.59 Å². The van der Waals surface area contributed by atoms with Gasteiger partial charge in [0.2, 0.25) is 5.91 Å². The summed E-state index contributed by atoms with van der Waals surface area (Å²) < 4.78 is 0.